The van der Waals surface area contributed by atoms with E-state index >= 15 is 0 Å². The normalized spacial score (nSPS) is 12.9. The molecular weight excluding hydrogens is 364 g/mol. The molecule has 0 bridgehead atoms. The molecule has 2 N–H and O–H groups in total. The third-order valence-corrected chi connectivity index (χ3v) is 4.13. The van der Waals surface area contributed by atoms with Crippen molar-refractivity contribution in [1.82, 2.24) is 15.6 Å². The number of hydrogen-bond donors (Lipinski definition) is 2. The first-order valence-electron chi connectivity index (χ1n) is 10.3. The Morgan fingerprint density at radius 3 is 2.45 bits per heavy atom. The van der Waals surface area contributed by atoms with Crippen LogP contribution in [-0.4, -0.2) is 23.1 Å². The Balaban J connectivity index is 1.97. The molecule has 0 radical (unpaired) electrons. The van der Waals surface area contributed by atoms with Crippen LogP contribution in [0.1, 0.15) is 71.2 Å². The van der Waals surface area contributed by atoms with Crippen LogP contribution in [0.25, 0.3) is 0 Å². The van der Waals surface area contributed by atoms with Crippen LogP contribution in [0, 0.1) is 0 Å². The van der Waals surface area contributed by atoms with Gasteiger partial charge in [-0.3, -0.25) is 0 Å². The van der Waals surface area contributed by atoms with Crippen molar-refractivity contribution in [2.45, 2.75) is 79.2 Å². The molecule has 0 saturated carbocycles. The first-order chi connectivity index (χ1) is 13.6. The average molecular weight is 401 g/mol. The van der Waals surface area contributed by atoms with E-state index in [2.05, 4.69) is 80.4 Å². The highest BCUT2D eigenvalue weighted by Crippen LogP contribution is 2.22. The van der Waals surface area contributed by atoms with E-state index in [-0.39, 0.29) is 11.0 Å². The number of nitrogens with zero attached hydrogens (tertiary/aromatic N) is 2. The Morgan fingerprint density at radius 1 is 1.10 bits per heavy atom. The second kappa shape index (κ2) is 9.92. The van der Waals surface area contributed by atoms with Crippen molar-refractivity contribution in [2.75, 3.05) is 6.54 Å². The third kappa shape index (κ3) is 8.28. The number of aliphatic imine (C=N–C) groups is 1. The first-order valence-corrected chi connectivity index (χ1v) is 10.3. The highest BCUT2D eigenvalue weighted by Gasteiger charge is 2.19. The first kappa shape index (κ1) is 22.9. The predicted octanol–water partition coefficient (Wildman–Crippen LogP) is 4.54. The lowest BCUT2D eigenvalue weighted by molar-refractivity contribution is -0.0149. The summed E-state index contributed by atoms with van der Waals surface area (Å²) in [5.41, 5.74) is 2.10. The van der Waals surface area contributed by atoms with Crippen LogP contribution in [0.3, 0.4) is 0 Å². The maximum absolute atomic E-state index is 5.87. The maximum Gasteiger partial charge on any atom is 0.213 e. The molecule has 0 aliphatic heterocycles. The van der Waals surface area contributed by atoms with Crippen molar-refractivity contribution in [2.24, 2.45) is 4.99 Å². The molecule has 0 aliphatic rings. The molecule has 2 rings (SSSR count). The predicted molar refractivity (Wildman–Crippen MR) is 118 cm³/mol. The molecular formula is C23H36N4O2. The minimum absolute atomic E-state index is 0.0500. The summed E-state index contributed by atoms with van der Waals surface area (Å²) >= 11 is 0. The largest absolute Gasteiger partial charge is 0.443 e. The monoisotopic (exact) mass is 400 g/mol. The van der Waals surface area contributed by atoms with E-state index in [1.54, 1.807) is 6.20 Å². The fourth-order valence-electron chi connectivity index (χ4n) is 2.53. The Labute approximate surface area is 175 Å². The second-order valence-corrected chi connectivity index (χ2v) is 9.14. The molecule has 0 atom stereocenters. The lowest BCUT2D eigenvalue weighted by Gasteiger charge is -2.19. The molecule has 2 aromatic rings. The van der Waals surface area contributed by atoms with Crippen molar-refractivity contribution < 1.29 is 9.15 Å². The van der Waals surface area contributed by atoms with Gasteiger partial charge in [0.15, 0.2) is 5.96 Å². The summed E-state index contributed by atoms with van der Waals surface area (Å²) in [6, 6.07) is 8.35. The second-order valence-electron chi connectivity index (χ2n) is 9.14. The molecule has 6 heteroatoms. The number of benzene rings is 1. The van der Waals surface area contributed by atoms with E-state index in [0.29, 0.717) is 25.6 Å². The molecule has 160 valence electrons. The topological polar surface area (TPSA) is 71.7 Å². The summed E-state index contributed by atoms with van der Waals surface area (Å²) < 4.78 is 11.7. The number of aromatic nitrogens is 1. The van der Waals surface area contributed by atoms with Crippen LogP contribution in [-0.2, 0) is 29.8 Å². The van der Waals surface area contributed by atoms with E-state index in [9.17, 15) is 0 Å². The van der Waals surface area contributed by atoms with E-state index < -0.39 is 0 Å². The molecule has 1 aromatic carbocycles. The molecule has 6 nitrogen and oxygen atoms in total. The van der Waals surface area contributed by atoms with Gasteiger partial charge in [-0.1, -0.05) is 45.0 Å². The number of ether oxygens (including phenoxy) is 1. The third-order valence-electron chi connectivity index (χ3n) is 4.13. The molecule has 0 spiro atoms. The van der Waals surface area contributed by atoms with Crippen LogP contribution in [0.15, 0.2) is 39.9 Å². The molecule has 29 heavy (non-hydrogen) atoms. The van der Waals surface area contributed by atoms with Crippen LogP contribution >= 0.6 is 0 Å². The van der Waals surface area contributed by atoms with E-state index in [1.165, 1.54) is 0 Å². The Morgan fingerprint density at radius 2 is 1.83 bits per heavy atom. The summed E-state index contributed by atoms with van der Waals surface area (Å²) in [5.74, 6) is 2.27. The van der Waals surface area contributed by atoms with Crippen LogP contribution < -0.4 is 10.6 Å². The zero-order chi connectivity index (χ0) is 21.5. The Kier molecular flexibility index (Phi) is 7.85. The average Bonchev–Trinajstić information content (AvgIpc) is 3.12. The Bertz CT molecular complexity index is 798. The van der Waals surface area contributed by atoms with Gasteiger partial charge in [0.1, 0.15) is 5.76 Å². The number of guanidine groups is 1. The van der Waals surface area contributed by atoms with Gasteiger partial charge in [-0.15, -0.1) is 0 Å². The zero-order valence-electron chi connectivity index (χ0n) is 18.9. The van der Waals surface area contributed by atoms with Gasteiger partial charge in [-0.05, 0) is 38.8 Å². The summed E-state index contributed by atoms with van der Waals surface area (Å²) in [5, 5.41) is 6.55. The van der Waals surface area contributed by atoms with Crippen molar-refractivity contribution in [3.63, 3.8) is 0 Å². The van der Waals surface area contributed by atoms with Gasteiger partial charge >= 0.3 is 0 Å². The van der Waals surface area contributed by atoms with E-state index in [4.69, 9.17) is 9.15 Å². The number of nitrogens with one attached hydrogen (secondary N) is 2. The number of oxazole rings is 1. The van der Waals surface area contributed by atoms with Gasteiger partial charge in [-0.25, -0.2) is 9.98 Å². The van der Waals surface area contributed by atoms with E-state index in [0.717, 1.165) is 29.4 Å². The van der Waals surface area contributed by atoms with Crippen molar-refractivity contribution in [3.8, 4) is 0 Å². The van der Waals surface area contributed by atoms with Crippen LogP contribution in [0.5, 0.6) is 0 Å². The van der Waals surface area contributed by atoms with Crippen molar-refractivity contribution in [1.29, 1.82) is 0 Å². The molecule has 0 saturated heterocycles. The number of hydrogen-bond acceptors (Lipinski definition) is 4. The fraction of sp³-hybridized carbons (Fsp3) is 0.565. The van der Waals surface area contributed by atoms with Gasteiger partial charge in [-0.2, -0.15) is 0 Å². The number of rotatable bonds is 7. The summed E-state index contributed by atoms with van der Waals surface area (Å²) in [7, 11) is 0. The van der Waals surface area contributed by atoms with Crippen LogP contribution in [0.4, 0.5) is 0 Å². The van der Waals surface area contributed by atoms with Crippen LogP contribution in [0.2, 0.25) is 0 Å². The van der Waals surface area contributed by atoms with Gasteiger partial charge in [0.05, 0.1) is 31.5 Å². The summed E-state index contributed by atoms with van der Waals surface area (Å²) in [6.07, 6.45) is 1.80. The molecule has 0 amide bonds. The lowest BCUT2D eigenvalue weighted by atomic mass is 9.94. The smallest absolute Gasteiger partial charge is 0.213 e. The molecule has 1 heterocycles. The SMILES string of the molecule is CCNC(=NCc1cccc(COC(C)(C)C)c1)NCc1ncc(C(C)(C)C)o1. The van der Waals surface area contributed by atoms with Crippen molar-refractivity contribution >= 4 is 5.96 Å². The fourth-order valence-corrected chi connectivity index (χ4v) is 2.53. The summed E-state index contributed by atoms with van der Waals surface area (Å²) in [6.45, 7) is 17.0. The van der Waals surface area contributed by atoms with Gasteiger partial charge in [0, 0.05) is 12.0 Å². The minimum atomic E-state index is -0.150. The van der Waals surface area contributed by atoms with Gasteiger partial charge in [0.2, 0.25) is 5.89 Å². The standard InChI is InChI=1S/C23H36N4O2/c1-8-24-21(27-15-20-25-14-19(29-20)22(2,3)4)26-13-17-10-9-11-18(12-17)16-28-23(5,6)7/h9-12,14H,8,13,15-16H2,1-7H3,(H2,24,26,27). The van der Waals surface area contributed by atoms with Crippen molar-refractivity contribution in [3.05, 3.63) is 53.2 Å². The molecule has 1 aromatic heterocycles. The highest BCUT2D eigenvalue weighted by molar-refractivity contribution is 5.79. The summed E-state index contributed by atoms with van der Waals surface area (Å²) in [4.78, 5) is 9.05. The molecule has 0 aliphatic carbocycles. The molecule has 0 unspecified atom stereocenters. The van der Waals surface area contributed by atoms with E-state index in [1.807, 2.05) is 13.0 Å². The van der Waals surface area contributed by atoms with Gasteiger partial charge in [0.25, 0.3) is 0 Å². The Hall–Kier alpha value is -2.34. The zero-order valence-corrected chi connectivity index (χ0v) is 18.9. The maximum atomic E-state index is 5.87. The van der Waals surface area contributed by atoms with Gasteiger partial charge < -0.3 is 19.8 Å². The highest BCUT2D eigenvalue weighted by atomic mass is 16.5. The molecule has 0 fully saturated rings. The lowest BCUT2D eigenvalue weighted by Crippen LogP contribution is -2.36. The minimum Gasteiger partial charge on any atom is -0.443 e. The quantitative estimate of drug-likeness (QED) is 0.527.